The molecule has 0 bridgehead atoms. The van der Waals surface area contributed by atoms with E-state index in [1.807, 2.05) is 6.92 Å². The molecule has 0 aromatic carbocycles. The summed E-state index contributed by atoms with van der Waals surface area (Å²) in [5, 5.41) is 7.43. The molecule has 13 heavy (non-hydrogen) atoms. The molecule has 1 aliphatic heterocycles. The first-order valence-electron chi connectivity index (χ1n) is 5.10. The van der Waals surface area contributed by atoms with Crippen molar-refractivity contribution in [3.63, 3.8) is 0 Å². The first kappa shape index (κ1) is 10.5. The van der Waals surface area contributed by atoms with Gasteiger partial charge in [0.2, 0.25) is 0 Å². The van der Waals surface area contributed by atoms with Gasteiger partial charge in [-0.2, -0.15) is 0 Å². The van der Waals surface area contributed by atoms with Crippen molar-refractivity contribution in [3.8, 4) is 0 Å². The van der Waals surface area contributed by atoms with Gasteiger partial charge in [-0.05, 0) is 32.2 Å². The molecule has 0 aliphatic carbocycles. The number of hydrogen-bond acceptors (Lipinski definition) is 3. The second kappa shape index (κ2) is 5.22. The number of nitrogens with one attached hydrogen (secondary N) is 1. The molecule has 0 amide bonds. The average Bonchev–Trinajstić information content (AvgIpc) is 2.56. The summed E-state index contributed by atoms with van der Waals surface area (Å²) in [4.78, 5) is 5.27. The van der Waals surface area contributed by atoms with Crippen LogP contribution in [0.4, 0.5) is 0 Å². The van der Waals surface area contributed by atoms with Crippen LogP contribution in [0.2, 0.25) is 0 Å². The highest BCUT2D eigenvalue weighted by Crippen LogP contribution is 2.05. The van der Waals surface area contributed by atoms with Crippen LogP contribution in [0.15, 0.2) is 5.16 Å². The Balaban J connectivity index is 2.15. The van der Waals surface area contributed by atoms with Crippen LogP contribution in [0.5, 0.6) is 0 Å². The van der Waals surface area contributed by atoms with Crippen molar-refractivity contribution in [2.24, 2.45) is 11.1 Å². The van der Waals surface area contributed by atoms with Gasteiger partial charge in [-0.1, -0.05) is 19.0 Å². The van der Waals surface area contributed by atoms with Crippen molar-refractivity contribution >= 4 is 5.71 Å². The molecule has 0 saturated carbocycles. The first-order chi connectivity index (χ1) is 6.20. The molecule has 1 aliphatic rings. The summed E-state index contributed by atoms with van der Waals surface area (Å²) in [6.07, 6.45) is 2.48. The number of nitrogens with zero attached hydrogens (tertiary/aromatic N) is 1. The molecule has 1 heterocycles. The average molecular weight is 184 g/mol. The van der Waals surface area contributed by atoms with E-state index in [1.54, 1.807) is 0 Å². The van der Waals surface area contributed by atoms with Crippen LogP contribution in [-0.2, 0) is 4.84 Å². The normalized spacial score (nSPS) is 24.0. The molecule has 1 rings (SSSR count). The fourth-order valence-corrected chi connectivity index (χ4v) is 1.23. The molecule has 0 aromatic heterocycles. The van der Waals surface area contributed by atoms with Crippen LogP contribution in [-0.4, -0.2) is 24.9 Å². The van der Waals surface area contributed by atoms with E-state index in [9.17, 15) is 0 Å². The highest BCUT2D eigenvalue weighted by atomic mass is 16.6. The van der Waals surface area contributed by atoms with Crippen molar-refractivity contribution in [2.45, 2.75) is 39.7 Å². The molecule has 76 valence electrons. The van der Waals surface area contributed by atoms with Crippen molar-refractivity contribution in [1.82, 2.24) is 5.32 Å². The zero-order valence-corrected chi connectivity index (χ0v) is 8.84. The predicted molar refractivity (Wildman–Crippen MR) is 54.9 cm³/mol. The number of rotatable bonds is 4. The molecule has 1 atom stereocenters. The smallest absolute Gasteiger partial charge is 0.132 e. The fourth-order valence-electron chi connectivity index (χ4n) is 1.23. The maximum Gasteiger partial charge on any atom is 0.132 e. The summed E-state index contributed by atoms with van der Waals surface area (Å²) >= 11 is 0. The highest BCUT2D eigenvalue weighted by Gasteiger charge is 2.14. The van der Waals surface area contributed by atoms with Crippen LogP contribution in [0.1, 0.15) is 33.6 Å². The van der Waals surface area contributed by atoms with E-state index >= 15 is 0 Å². The highest BCUT2D eigenvalue weighted by molar-refractivity contribution is 5.83. The lowest BCUT2D eigenvalue weighted by Crippen LogP contribution is -2.26. The van der Waals surface area contributed by atoms with E-state index in [0.717, 1.165) is 12.3 Å². The second-order valence-electron chi connectivity index (χ2n) is 3.98. The van der Waals surface area contributed by atoms with Crippen molar-refractivity contribution in [3.05, 3.63) is 0 Å². The Kier molecular flexibility index (Phi) is 4.22. The molecule has 0 radical (unpaired) electrons. The summed E-state index contributed by atoms with van der Waals surface area (Å²) in [5.41, 5.74) is 1.07. The van der Waals surface area contributed by atoms with E-state index in [4.69, 9.17) is 4.84 Å². The molecule has 0 spiro atoms. The van der Waals surface area contributed by atoms with Gasteiger partial charge in [0.05, 0.1) is 5.71 Å². The third-order valence-electron chi connectivity index (χ3n) is 2.48. The fraction of sp³-hybridized carbons (Fsp3) is 0.900. The third-order valence-corrected chi connectivity index (χ3v) is 2.48. The predicted octanol–water partition coefficient (Wildman–Crippen LogP) is 1.79. The Bertz CT molecular complexity index is 172. The summed E-state index contributed by atoms with van der Waals surface area (Å²) in [6, 6.07) is 0.517. The number of oxime groups is 1. The minimum atomic E-state index is 0.483. The molecule has 3 nitrogen and oxygen atoms in total. The summed E-state index contributed by atoms with van der Waals surface area (Å²) in [6.45, 7) is 8.09. The Morgan fingerprint density at radius 2 is 2.38 bits per heavy atom. The van der Waals surface area contributed by atoms with Crippen molar-refractivity contribution < 1.29 is 4.84 Å². The number of hydrogen-bond donors (Lipinski definition) is 1. The quantitative estimate of drug-likeness (QED) is 0.534. The Morgan fingerprint density at radius 3 is 2.92 bits per heavy atom. The molecular formula is C10H20N2O. The molecule has 1 fully saturated rings. The molecule has 0 unspecified atom stereocenters. The van der Waals surface area contributed by atoms with E-state index in [1.165, 1.54) is 12.8 Å². The van der Waals surface area contributed by atoms with Gasteiger partial charge in [0.1, 0.15) is 6.61 Å². The van der Waals surface area contributed by atoms with Crippen LogP contribution in [0.3, 0.4) is 0 Å². The minimum absolute atomic E-state index is 0.483. The minimum Gasteiger partial charge on any atom is -0.394 e. The van der Waals surface area contributed by atoms with E-state index in [2.05, 4.69) is 24.3 Å². The van der Waals surface area contributed by atoms with Gasteiger partial charge >= 0.3 is 0 Å². The van der Waals surface area contributed by atoms with Gasteiger partial charge in [0, 0.05) is 6.04 Å². The van der Waals surface area contributed by atoms with E-state index < -0.39 is 0 Å². The summed E-state index contributed by atoms with van der Waals surface area (Å²) in [5.74, 6) is 0.483. The molecule has 1 saturated heterocycles. The Morgan fingerprint density at radius 1 is 1.62 bits per heavy atom. The van der Waals surface area contributed by atoms with E-state index in [-0.39, 0.29) is 0 Å². The largest absolute Gasteiger partial charge is 0.394 e. The monoisotopic (exact) mass is 184 g/mol. The topological polar surface area (TPSA) is 33.6 Å². The molecular weight excluding hydrogens is 164 g/mol. The standard InChI is InChI=1S/C10H20N2O/c1-8(2)9(3)12-13-7-10-5-4-6-11-10/h8,10-11H,4-7H2,1-3H3/b12-9+/t10-/m0/s1. The SMILES string of the molecule is C/C(=N\OC[C@@H]1CCCN1)C(C)C. The van der Waals surface area contributed by atoms with Gasteiger partial charge < -0.3 is 10.2 Å². The van der Waals surface area contributed by atoms with Crippen molar-refractivity contribution in [2.75, 3.05) is 13.2 Å². The lowest BCUT2D eigenvalue weighted by molar-refractivity contribution is 0.123. The molecule has 1 N–H and O–H groups in total. The molecule has 3 heteroatoms. The van der Waals surface area contributed by atoms with Gasteiger partial charge in [-0.3, -0.25) is 0 Å². The van der Waals surface area contributed by atoms with Crippen LogP contribution >= 0.6 is 0 Å². The summed E-state index contributed by atoms with van der Waals surface area (Å²) in [7, 11) is 0. The van der Waals surface area contributed by atoms with Crippen LogP contribution in [0.25, 0.3) is 0 Å². The Hall–Kier alpha value is -0.570. The zero-order valence-electron chi connectivity index (χ0n) is 8.84. The van der Waals surface area contributed by atoms with Gasteiger partial charge in [-0.15, -0.1) is 0 Å². The van der Waals surface area contributed by atoms with Crippen LogP contribution < -0.4 is 5.32 Å². The van der Waals surface area contributed by atoms with Gasteiger partial charge in [-0.25, -0.2) is 0 Å². The van der Waals surface area contributed by atoms with Gasteiger partial charge in [0.25, 0.3) is 0 Å². The summed E-state index contributed by atoms with van der Waals surface area (Å²) < 4.78 is 0. The third kappa shape index (κ3) is 3.77. The van der Waals surface area contributed by atoms with Crippen molar-refractivity contribution in [1.29, 1.82) is 0 Å². The van der Waals surface area contributed by atoms with Crippen LogP contribution in [0, 0.1) is 5.92 Å². The Labute approximate surface area is 80.5 Å². The lowest BCUT2D eigenvalue weighted by Gasteiger charge is -2.09. The maximum atomic E-state index is 5.27. The maximum absolute atomic E-state index is 5.27. The molecule has 0 aromatic rings. The second-order valence-corrected chi connectivity index (χ2v) is 3.98. The first-order valence-corrected chi connectivity index (χ1v) is 5.10. The van der Waals surface area contributed by atoms with Gasteiger partial charge in [0.15, 0.2) is 0 Å². The lowest BCUT2D eigenvalue weighted by atomic mass is 10.1. The zero-order chi connectivity index (χ0) is 9.68. The van der Waals surface area contributed by atoms with E-state index in [0.29, 0.717) is 18.6 Å².